The molecule has 0 rings (SSSR count). The van der Waals surface area contributed by atoms with Gasteiger partial charge in [-0.15, -0.1) is 0 Å². The Morgan fingerprint density at radius 2 is 1.61 bits per heavy atom. The summed E-state index contributed by atoms with van der Waals surface area (Å²) in [7, 11) is 0. The molecule has 0 aromatic carbocycles. The number of carboxylic acid groups (broad SMARTS) is 1. The molecule has 0 fully saturated rings. The summed E-state index contributed by atoms with van der Waals surface area (Å²) in [6.07, 6.45) is 0.534. The Balaban J connectivity index is 3.16. The number of carbonyl (C=O) groups is 2. The molecule has 0 aliphatic heterocycles. The Hall–Kier alpha value is -1.87. The average Bonchev–Trinajstić information content (AvgIpc) is 2.51. The zero-order chi connectivity index (χ0) is 17.2. The van der Waals surface area contributed by atoms with Crippen molar-refractivity contribution in [1.82, 2.24) is 5.32 Å². The lowest BCUT2D eigenvalue weighted by molar-refractivity contribution is -0.137. The molecule has 132 valence electrons. The molecule has 0 heterocycles. The summed E-state index contributed by atoms with van der Waals surface area (Å²) in [5.74, 6) is -1.08. The lowest BCUT2D eigenvalue weighted by Crippen LogP contribution is -2.27. The fourth-order valence-corrected chi connectivity index (χ4v) is 1.44. The molecule has 10 heteroatoms. The minimum Gasteiger partial charge on any atom is -0.481 e. The van der Waals surface area contributed by atoms with Crippen LogP contribution in [0.1, 0.15) is 19.3 Å². The third-order valence-corrected chi connectivity index (χ3v) is 2.51. The van der Waals surface area contributed by atoms with E-state index in [4.69, 9.17) is 24.8 Å². The van der Waals surface area contributed by atoms with Gasteiger partial charge in [0.15, 0.2) is 0 Å². The van der Waals surface area contributed by atoms with Gasteiger partial charge in [-0.25, -0.2) is 0 Å². The van der Waals surface area contributed by atoms with Crippen molar-refractivity contribution in [1.29, 1.82) is 0 Å². The first-order chi connectivity index (χ1) is 11.2. The highest BCUT2D eigenvalue weighted by Gasteiger charge is 2.02. The fourth-order valence-electron chi connectivity index (χ4n) is 1.44. The Bertz CT molecular complexity index is 373. The van der Waals surface area contributed by atoms with Gasteiger partial charge in [-0.05, 0) is 12.0 Å². The third kappa shape index (κ3) is 18.1. The third-order valence-electron chi connectivity index (χ3n) is 2.51. The van der Waals surface area contributed by atoms with Crippen LogP contribution >= 0.6 is 0 Å². The minimum atomic E-state index is -0.901. The van der Waals surface area contributed by atoms with E-state index in [1.807, 2.05) is 0 Å². The Morgan fingerprint density at radius 3 is 2.22 bits per heavy atom. The highest BCUT2D eigenvalue weighted by molar-refractivity contribution is 5.76. The normalized spacial score (nSPS) is 10.1. The molecule has 0 unspecified atom stereocenters. The number of aliphatic carboxylic acids is 1. The van der Waals surface area contributed by atoms with Crippen LogP contribution in [0.4, 0.5) is 0 Å². The van der Waals surface area contributed by atoms with Crippen molar-refractivity contribution in [3.8, 4) is 0 Å². The first-order valence-electron chi connectivity index (χ1n) is 7.39. The van der Waals surface area contributed by atoms with E-state index in [1.54, 1.807) is 0 Å². The number of nitrogens with zero attached hydrogens (tertiary/aromatic N) is 3. The number of carboxylic acids is 1. The molecule has 0 radical (unpaired) electrons. The molecule has 0 bridgehead atoms. The van der Waals surface area contributed by atoms with E-state index in [2.05, 4.69) is 15.3 Å². The highest BCUT2D eigenvalue weighted by atomic mass is 16.5. The molecular weight excluding hydrogens is 308 g/mol. The maximum absolute atomic E-state index is 11.3. The molecule has 0 aromatic rings. The van der Waals surface area contributed by atoms with Crippen LogP contribution in [0.3, 0.4) is 0 Å². The zero-order valence-electron chi connectivity index (χ0n) is 13.1. The highest BCUT2D eigenvalue weighted by Crippen LogP contribution is 1.94. The summed E-state index contributed by atoms with van der Waals surface area (Å²) < 4.78 is 15.6. The Kier molecular flexibility index (Phi) is 15.2. The van der Waals surface area contributed by atoms with E-state index in [-0.39, 0.29) is 18.7 Å². The maximum atomic E-state index is 11.3. The number of rotatable bonds is 16. The number of carbonyl (C=O) groups excluding carboxylic acids is 1. The lowest BCUT2D eigenvalue weighted by Gasteiger charge is -2.07. The quantitative estimate of drug-likeness (QED) is 0.184. The first kappa shape index (κ1) is 21.1. The van der Waals surface area contributed by atoms with Crippen molar-refractivity contribution in [2.45, 2.75) is 19.3 Å². The molecule has 0 saturated carbocycles. The molecule has 1 amide bonds. The van der Waals surface area contributed by atoms with Gasteiger partial charge in [-0.1, -0.05) is 5.11 Å². The Morgan fingerprint density at radius 1 is 1.00 bits per heavy atom. The largest absolute Gasteiger partial charge is 0.481 e. The van der Waals surface area contributed by atoms with Gasteiger partial charge in [0.1, 0.15) is 0 Å². The second-order valence-corrected chi connectivity index (χ2v) is 4.39. The molecule has 0 atom stereocenters. The molecule has 0 aliphatic rings. The predicted octanol–water partition coefficient (Wildman–Crippen LogP) is 0.718. The van der Waals surface area contributed by atoms with Crippen molar-refractivity contribution in [3.05, 3.63) is 10.4 Å². The van der Waals surface area contributed by atoms with Crippen LogP contribution in [-0.2, 0) is 23.8 Å². The number of hydrogen-bond acceptors (Lipinski definition) is 6. The standard InChI is InChI=1S/C13H24N4O6/c14-17-16-5-7-22-9-11-23-10-8-21-6-4-15-12(18)2-1-3-13(19)20/h1-11H2,(H,15,18)(H,19,20). The summed E-state index contributed by atoms with van der Waals surface area (Å²) >= 11 is 0. The van der Waals surface area contributed by atoms with E-state index in [1.165, 1.54) is 0 Å². The van der Waals surface area contributed by atoms with Crippen molar-refractivity contribution >= 4 is 11.9 Å². The van der Waals surface area contributed by atoms with E-state index in [9.17, 15) is 9.59 Å². The van der Waals surface area contributed by atoms with Crippen LogP contribution in [-0.4, -0.2) is 69.7 Å². The number of hydrogen-bond donors (Lipinski definition) is 2. The van der Waals surface area contributed by atoms with E-state index in [0.717, 1.165) is 0 Å². The average molecular weight is 332 g/mol. The number of ether oxygens (including phenoxy) is 3. The SMILES string of the molecule is [N-]=[N+]=NCCOCCOCCOCCNC(=O)CCCC(=O)O. The van der Waals surface area contributed by atoms with Crippen molar-refractivity contribution < 1.29 is 28.9 Å². The topological polar surface area (TPSA) is 143 Å². The summed E-state index contributed by atoms with van der Waals surface area (Å²) in [5.41, 5.74) is 8.04. The molecule has 0 spiro atoms. The van der Waals surface area contributed by atoms with Crippen molar-refractivity contribution in [2.75, 3.05) is 52.7 Å². The number of amides is 1. The summed E-state index contributed by atoms with van der Waals surface area (Å²) in [6, 6.07) is 0. The first-order valence-corrected chi connectivity index (χ1v) is 7.39. The monoisotopic (exact) mass is 332 g/mol. The summed E-state index contributed by atoms with van der Waals surface area (Å²) in [5, 5.41) is 14.4. The zero-order valence-corrected chi connectivity index (χ0v) is 13.1. The van der Waals surface area contributed by atoms with Gasteiger partial charge in [0.25, 0.3) is 0 Å². The molecule has 23 heavy (non-hydrogen) atoms. The Labute approximate surface area is 134 Å². The summed E-state index contributed by atoms with van der Waals surface area (Å²) in [4.78, 5) is 24.2. The van der Waals surface area contributed by atoms with Gasteiger partial charge < -0.3 is 24.6 Å². The minimum absolute atomic E-state index is 0.00346. The number of azide groups is 1. The number of nitrogens with one attached hydrogen (secondary N) is 1. The predicted molar refractivity (Wildman–Crippen MR) is 81.0 cm³/mol. The van der Waals surface area contributed by atoms with Gasteiger partial charge in [0, 0.05) is 30.8 Å². The van der Waals surface area contributed by atoms with Gasteiger partial charge in [0.05, 0.1) is 39.6 Å². The molecule has 0 aliphatic carbocycles. The van der Waals surface area contributed by atoms with Crippen molar-refractivity contribution in [3.63, 3.8) is 0 Å². The van der Waals surface area contributed by atoms with Crippen LogP contribution in [0.5, 0.6) is 0 Å². The van der Waals surface area contributed by atoms with Crippen molar-refractivity contribution in [2.24, 2.45) is 5.11 Å². The second-order valence-electron chi connectivity index (χ2n) is 4.39. The molecule has 10 nitrogen and oxygen atoms in total. The smallest absolute Gasteiger partial charge is 0.303 e. The van der Waals surface area contributed by atoms with Crippen LogP contribution in [0, 0.1) is 0 Å². The second kappa shape index (κ2) is 16.5. The fraction of sp³-hybridized carbons (Fsp3) is 0.846. The van der Waals surface area contributed by atoms with Crippen LogP contribution in [0.25, 0.3) is 10.4 Å². The molecule has 0 saturated heterocycles. The lowest BCUT2D eigenvalue weighted by atomic mass is 10.2. The van der Waals surface area contributed by atoms with E-state index >= 15 is 0 Å². The van der Waals surface area contributed by atoms with Gasteiger partial charge in [-0.3, -0.25) is 9.59 Å². The summed E-state index contributed by atoms with van der Waals surface area (Å²) in [6.45, 7) is 3.12. The molecule has 2 N–H and O–H groups in total. The van der Waals surface area contributed by atoms with Gasteiger partial charge in [0.2, 0.25) is 5.91 Å². The van der Waals surface area contributed by atoms with E-state index in [0.29, 0.717) is 59.2 Å². The van der Waals surface area contributed by atoms with Crippen LogP contribution < -0.4 is 5.32 Å². The van der Waals surface area contributed by atoms with Gasteiger partial charge in [-0.2, -0.15) is 0 Å². The van der Waals surface area contributed by atoms with Crippen LogP contribution in [0.15, 0.2) is 5.11 Å². The van der Waals surface area contributed by atoms with Crippen LogP contribution in [0.2, 0.25) is 0 Å². The molecular formula is C13H24N4O6. The maximum Gasteiger partial charge on any atom is 0.303 e. The molecule has 0 aromatic heterocycles. The van der Waals surface area contributed by atoms with Gasteiger partial charge >= 0.3 is 5.97 Å². The van der Waals surface area contributed by atoms with E-state index < -0.39 is 5.97 Å².